The number of ether oxygens (including phenoxy) is 1. The molecule has 4 nitrogen and oxygen atoms in total. The van der Waals surface area contributed by atoms with Crippen molar-refractivity contribution >= 4 is 5.78 Å². The van der Waals surface area contributed by atoms with Gasteiger partial charge in [0.25, 0.3) is 0 Å². The lowest BCUT2D eigenvalue weighted by Gasteiger charge is -2.36. The van der Waals surface area contributed by atoms with E-state index in [-0.39, 0.29) is 5.78 Å². The number of carbonyl (C=O) groups is 1. The first-order chi connectivity index (χ1) is 7.15. The van der Waals surface area contributed by atoms with Gasteiger partial charge in [-0.25, -0.2) is 0 Å². The van der Waals surface area contributed by atoms with E-state index in [9.17, 15) is 4.79 Å². The Morgan fingerprint density at radius 2 is 2.27 bits per heavy atom. The van der Waals surface area contributed by atoms with Crippen LogP contribution in [0.1, 0.15) is 29.6 Å². The van der Waals surface area contributed by atoms with E-state index in [1.807, 2.05) is 0 Å². The second-order valence-corrected chi connectivity index (χ2v) is 3.95. The van der Waals surface area contributed by atoms with Gasteiger partial charge in [0.2, 0.25) is 0 Å². The van der Waals surface area contributed by atoms with Crippen molar-refractivity contribution in [3.05, 3.63) is 24.0 Å². The van der Waals surface area contributed by atoms with Crippen LogP contribution in [-0.4, -0.2) is 23.4 Å². The van der Waals surface area contributed by atoms with Gasteiger partial charge in [-0.05, 0) is 25.3 Å². The van der Waals surface area contributed by atoms with Gasteiger partial charge >= 0.3 is 0 Å². The van der Waals surface area contributed by atoms with Gasteiger partial charge in [-0.3, -0.25) is 9.78 Å². The van der Waals surface area contributed by atoms with Crippen LogP contribution < -0.4 is 10.5 Å². The van der Waals surface area contributed by atoms with Gasteiger partial charge in [-0.15, -0.1) is 0 Å². The number of rotatable bonds is 3. The highest BCUT2D eigenvalue weighted by Crippen LogP contribution is 2.32. The zero-order valence-corrected chi connectivity index (χ0v) is 8.69. The van der Waals surface area contributed by atoms with E-state index in [1.165, 1.54) is 6.20 Å². The summed E-state index contributed by atoms with van der Waals surface area (Å²) in [4.78, 5) is 15.9. The third-order valence-electron chi connectivity index (χ3n) is 2.91. The summed E-state index contributed by atoms with van der Waals surface area (Å²) in [6.45, 7) is 0. The summed E-state index contributed by atoms with van der Waals surface area (Å²) < 4.78 is 5.01. The molecule has 0 aromatic carbocycles. The molecule has 0 radical (unpaired) electrons. The van der Waals surface area contributed by atoms with Crippen molar-refractivity contribution < 1.29 is 9.53 Å². The Hall–Kier alpha value is -1.42. The summed E-state index contributed by atoms with van der Waals surface area (Å²) >= 11 is 0. The molecule has 1 aromatic heterocycles. The molecule has 2 N–H and O–H groups in total. The number of aromatic nitrogens is 1. The van der Waals surface area contributed by atoms with Crippen molar-refractivity contribution in [3.63, 3.8) is 0 Å². The molecule has 0 atom stereocenters. The van der Waals surface area contributed by atoms with Crippen LogP contribution in [0.25, 0.3) is 0 Å². The Morgan fingerprint density at radius 1 is 1.53 bits per heavy atom. The largest absolute Gasteiger partial charge is 0.495 e. The van der Waals surface area contributed by atoms with Gasteiger partial charge < -0.3 is 10.5 Å². The molecule has 0 aliphatic heterocycles. The maximum absolute atomic E-state index is 12.0. The summed E-state index contributed by atoms with van der Waals surface area (Å²) in [6.07, 6.45) is 5.67. The van der Waals surface area contributed by atoms with Crippen LogP contribution in [0.4, 0.5) is 0 Å². The molecular formula is C11H14N2O2. The average molecular weight is 206 g/mol. The summed E-state index contributed by atoms with van der Waals surface area (Å²) in [5.74, 6) is 0.559. The van der Waals surface area contributed by atoms with Crippen molar-refractivity contribution in [1.82, 2.24) is 4.98 Å². The Labute approximate surface area is 88.4 Å². The van der Waals surface area contributed by atoms with Crippen LogP contribution >= 0.6 is 0 Å². The van der Waals surface area contributed by atoms with E-state index in [0.29, 0.717) is 11.3 Å². The number of Topliss-reactive ketones (excluding diaryl/α,β-unsaturated/α-hetero) is 1. The molecule has 1 aromatic rings. The average Bonchev–Trinajstić information content (AvgIpc) is 2.25. The predicted octanol–water partition coefficient (Wildman–Crippen LogP) is 1.15. The van der Waals surface area contributed by atoms with Gasteiger partial charge in [0, 0.05) is 11.8 Å². The number of nitrogens with two attached hydrogens (primary N) is 1. The van der Waals surface area contributed by atoms with Crippen molar-refractivity contribution in [2.45, 2.75) is 24.8 Å². The van der Waals surface area contributed by atoms with Gasteiger partial charge in [0.1, 0.15) is 5.75 Å². The lowest BCUT2D eigenvalue weighted by atomic mass is 9.73. The second kappa shape index (κ2) is 3.62. The van der Waals surface area contributed by atoms with Crippen molar-refractivity contribution in [1.29, 1.82) is 0 Å². The number of methoxy groups -OCH3 is 1. The minimum absolute atomic E-state index is 0.0276. The van der Waals surface area contributed by atoms with E-state index in [0.717, 1.165) is 19.3 Å². The molecule has 1 aliphatic carbocycles. The third-order valence-corrected chi connectivity index (χ3v) is 2.91. The van der Waals surface area contributed by atoms with Crippen LogP contribution in [0.2, 0.25) is 0 Å². The van der Waals surface area contributed by atoms with E-state index in [2.05, 4.69) is 4.98 Å². The number of ketones is 1. The quantitative estimate of drug-likeness (QED) is 0.753. The molecule has 1 saturated carbocycles. The Kier molecular flexibility index (Phi) is 2.44. The predicted molar refractivity (Wildman–Crippen MR) is 55.9 cm³/mol. The van der Waals surface area contributed by atoms with Crippen LogP contribution in [0.15, 0.2) is 18.5 Å². The third kappa shape index (κ3) is 1.72. The molecule has 0 saturated heterocycles. The normalized spacial score (nSPS) is 18.0. The zero-order chi connectivity index (χ0) is 10.9. The molecule has 2 rings (SSSR count). The van der Waals surface area contributed by atoms with Crippen LogP contribution in [-0.2, 0) is 0 Å². The molecule has 0 spiro atoms. The number of pyridine rings is 1. The Bertz CT molecular complexity index is 386. The molecule has 1 fully saturated rings. The minimum atomic E-state index is -0.659. The van der Waals surface area contributed by atoms with Crippen LogP contribution in [0.5, 0.6) is 5.75 Å². The topological polar surface area (TPSA) is 65.2 Å². The fourth-order valence-corrected chi connectivity index (χ4v) is 1.73. The number of hydrogen-bond donors (Lipinski definition) is 1. The number of nitrogens with zero attached hydrogens (tertiary/aromatic N) is 1. The molecule has 4 heteroatoms. The SMILES string of the molecule is COc1cncc(C(=O)C2(N)CCC2)c1. The highest BCUT2D eigenvalue weighted by Gasteiger charge is 2.40. The summed E-state index contributed by atoms with van der Waals surface area (Å²) in [7, 11) is 1.55. The molecule has 80 valence electrons. The van der Waals surface area contributed by atoms with Gasteiger partial charge in [-0.1, -0.05) is 0 Å². The number of carbonyl (C=O) groups excluding carboxylic acids is 1. The monoisotopic (exact) mass is 206 g/mol. The van der Waals surface area contributed by atoms with Gasteiger partial charge in [-0.2, -0.15) is 0 Å². The highest BCUT2D eigenvalue weighted by molar-refractivity contribution is 6.03. The standard InChI is InChI=1S/C11H14N2O2/c1-15-9-5-8(6-13-7-9)10(14)11(12)3-2-4-11/h5-7H,2-4,12H2,1H3. The first-order valence-corrected chi connectivity index (χ1v) is 4.98. The smallest absolute Gasteiger partial charge is 0.184 e. The Balaban J connectivity index is 2.25. The second-order valence-electron chi connectivity index (χ2n) is 3.95. The van der Waals surface area contributed by atoms with Crippen molar-refractivity contribution in [2.75, 3.05) is 7.11 Å². The van der Waals surface area contributed by atoms with E-state index in [1.54, 1.807) is 19.4 Å². The maximum Gasteiger partial charge on any atom is 0.184 e. The van der Waals surface area contributed by atoms with Crippen molar-refractivity contribution in [3.8, 4) is 5.75 Å². The molecule has 0 amide bonds. The Morgan fingerprint density at radius 3 is 2.80 bits per heavy atom. The summed E-state index contributed by atoms with van der Waals surface area (Å²) in [6, 6.07) is 1.68. The summed E-state index contributed by atoms with van der Waals surface area (Å²) in [5, 5.41) is 0. The fourth-order valence-electron chi connectivity index (χ4n) is 1.73. The molecule has 0 bridgehead atoms. The van der Waals surface area contributed by atoms with E-state index in [4.69, 9.17) is 10.5 Å². The van der Waals surface area contributed by atoms with Crippen LogP contribution in [0, 0.1) is 0 Å². The molecule has 1 heterocycles. The molecule has 1 aliphatic rings. The van der Waals surface area contributed by atoms with E-state index >= 15 is 0 Å². The first-order valence-electron chi connectivity index (χ1n) is 4.98. The van der Waals surface area contributed by atoms with Crippen LogP contribution in [0.3, 0.4) is 0 Å². The lowest BCUT2D eigenvalue weighted by molar-refractivity contribution is 0.0800. The van der Waals surface area contributed by atoms with Gasteiger partial charge in [0.05, 0.1) is 18.8 Å². The lowest BCUT2D eigenvalue weighted by Crippen LogP contribution is -2.53. The molecule has 15 heavy (non-hydrogen) atoms. The highest BCUT2D eigenvalue weighted by atomic mass is 16.5. The van der Waals surface area contributed by atoms with Gasteiger partial charge in [0.15, 0.2) is 5.78 Å². The minimum Gasteiger partial charge on any atom is -0.495 e. The first kappa shape index (κ1) is 10.1. The maximum atomic E-state index is 12.0. The number of hydrogen-bond acceptors (Lipinski definition) is 4. The summed E-state index contributed by atoms with van der Waals surface area (Å²) in [5.41, 5.74) is 5.83. The zero-order valence-electron chi connectivity index (χ0n) is 8.69. The van der Waals surface area contributed by atoms with Crippen molar-refractivity contribution in [2.24, 2.45) is 5.73 Å². The van der Waals surface area contributed by atoms with E-state index < -0.39 is 5.54 Å². The fraction of sp³-hybridized carbons (Fsp3) is 0.455. The molecular weight excluding hydrogens is 192 g/mol. The molecule has 0 unspecified atom stereocenters.